The van der Waals surface area contributed by atoms with Gasteiger partial charge in [0, 0.05) is 26.3 Å². The van der Waals surface area contributed by atoms with E-state index in [2.05, 4.69) is 32.8 Å². The molecule has 4 nitrogen and oxygen atoms in total. The lowest BCUT2D eigenvalue weighted by Crippen LogP contribution is -2.37. The van der Waals surface area contributed by atoms with Gasteiger partial charge in [-0.1, -0.05) is 27.7 Å². The second-order valence-electron chi connectivity index (χ2n) is 5.80. The molecule has 0 aliphatic heterocycles. The third-order valence-electron chi connectivity index (χ3n) is 2.70. The third-order valence-corrected chi connectivity index (χ3v) is 2.70. The Kier molecular flexibility index (Phi) is 4.93. The average Bonchev–Trinajstić information content (AvgIpc) is 2.54. The van der Waals surface area contributed by atoms with E-state index in [1.54, 1.807) is 4.68 Å². The molecule has 0 N–H and O–H groups in total. The molecule has 0 unspecified atom stereocenters. The lowest BCUT2D eigenvalue weighted by molar-refractivity contribution is 0.0714. The molecule has 1 aromatic rings. The SMILES string of the molecule is Cc1nn(C)cc1C(=O)N(CC(C)C)CC(C)C. The summed E-state index contributed by atoms with van der Waals surface area (Å²) in [7, 11) is 1.85. The highest BCUT2D eigenvalue weighted by Gasteiger charge is 2.21. The summed E-state index contributed by atoms with van der Waals surface area (Å²) in [4.78, 5) is 14.5. The lowest BCUT2D eigenvalue weighted by atomic mass is 10.1. The van der Waals surface area contributed by atoms with E-state index in [1.807, 2.05) is 25.1 Å². The van der Waals surface area contributed by atoms with Crippen molar-refractivity contribution in [3.8, 4) is 0 Å². The molecule has 0 aromatic carbocycles. The highest BCUT2D eigenvalue weighted by Crippen LogP contribution is 2.12. The van der Waals surface area contributed by atoms with Crippen molar-refractivity contribution in [3.05, 3.63) is 17.5 Å². The van der Waals surface area contributed by atoms with Crippen LogP contribution in [0.15, 0.2) is 6.20 Å². The number of nitrogens with zero attached hydrogens (tertiary/aromatic N) is 3. The van der Waals surface area contributed by atoms with Crippen molar-refractivity contribution >= 4 is 5.91 Å². The summed E-state index contributed by atoms with van der Waals surface area (Å²) in [5.74, 6) is 1.05. The summed E-state index contributed by atoms with van der Waals surface area (Å²) in [6.45, 7) is 12.0. The zero-order valence-corrected chi connectivity index (χ0v) is 12.4. The van der Waals surface area contributed by atoms with E-state index in [9.17, 15) is 4.79 Å². The minimum atomic E-state index is 0.1000. The first-order chi connectivity index (χ1) is 8.31. The van der Waals surface area contributed by atoms with E-state index < -0.39 is 0 Å². The number of carbonyl (C=O) groups excluding carboxylic acids is 1. The number of rotatable bonds is 5. The normalized spacial score (nSPS) is 11.3. The number of hydrogen-bond donors (Lipinski definition) is 0. The van der Waals surface area contributed by atoms with Crippen LogP contribution in [0.4, 0.5) is 0 Å². The van der Waals surface area contributed by atoms with Crippen molar-refractivity contribution in [3.63, 3.8) is 0 Å². The molecule has 0 atom stereocenters. The van der Waals surface area contributed by atoms with Gasteiger partial charge in [-0.2, -0.15) is 5.10 Å². The van der Waals surface area contributed by atoms with Crippen LogP contribution in [0.2, 0.25) is 0 Å². The molecule has 0 saturated carbocycles. The summed E-state index contributed by atoms with van der Waals surface area (Å²) in [5, 5.41) is 4.24. The summed E-state index contributed by atoms with van der Waals surface area (Å²) >= 11 is 0. The third kappa shape index (κ3) is 3.86. The molecular formula is C14H25N3O. The van der Waals surface area contributed by atoms with Gasteiger partial charge in [0.05, 0.1) is 11.3 Å². The van der Waals surface area contributed by atoms with Gasteiger partial charge < -0.3 is 4.90 Å². The van der Waals surface area contributed by atoms with Crippen LogP contribution < -0.4 is 0 Å². The molecular weight excluding hydrogens is 226 g/mol. The zero-order valence-electron chi connectivity index (χ0n) is 12.4. The van der Waals surface area contributed by atoms with Gasteiger partial charge in [0.1, 0.15) is 0 Å². The summed E-state index contributed by atoms with van der Waals surface area (Å²) in [5.41, 5.74) is 1.53. The molecule has 0 saturated heterocycles. The van der Waals surface area contributed by atoms with Crippen LogP contribution in [0, 0.1) is 18.8 Å². The molecule has 1 aromatic heterocycles. The van der Waals surface area contributed by atoms with Crippen LogP contribution in [0.5, 0.6) is 0 Å². The van der Waals surface area contributed by atoms with Gasteiger partial charge >= 0.3 is 0 Å². The smallest absolute Gasteiger partial charge is 0.257 e. The van der Waals surface area contributed by atoms with Crippen molar-refractivity contribution in [2.75, 3.05) is 13.1 Å². The van der Waals surface area contributed by atoms with Gasteiger partial charge in [-0.25, -0.2) is 0 Å². The molecule has 0 radical (unpaired) electrons. The molecule has 18 heavy (non-hydrogen) atoms. The standard InChI is InChI=1S/C14H25N3O/c1-10(2)7-17(8-11(3)4)14(18)13-9-16(6)15-12(13)5/h9-11H,7-8H2,1-6H3. The molecule has 0 fully saturated rings. The number of hydrogen-bond acceptors (Lipinski definition) is 2. The predicted octanol–water partition coefficient (Wildman–Crippen LogP) is 2.48. The summed E-state index contributed by atoms with van der Waals surface area (Å²) in [6.07, 6.45) is 1.81. The molecule has 0 bridgehead atoms. The van der Waals surface area contributed by atoms with E-state index in [0.29, 0.717) is 11.8 Å². The van der Waals surface area contributed by atoms with E-state index in [1.165, 1.54) is 0 Å². The Morgan fingerprint density at radius 1 is 1.28 bits per heavy atom. The van der Waals surface area contributed by atoms with Gasteiger partial charge in [-0.15, -0.1) is 0 Å². The molecule has 0 aliphatic rings. The minimum absolute atomic E-state index is 0.1000. The fourth-order valence-corrected chi connectivity index (χ4v) is 2.10. The second kappa shape index (κ2) is 6.03. The maximum absolute atomic E-state index is 12.5. The van der Waals surface area contributed by atoms with E-state index in [0.717, 1.165) is 24.3 Å². The van der Waals surface area contributed by atoms with Crippen molar-refractivity contribution in [1.82, 2.24) is 14.7 Å². The predicted molar refractivity (Wildman–Crippen MR) is 73.5 cm³/mol. The Morgan fingerprint density at radius 3 is 2.11 bits per heavy atom. The molecule has 1 rings (SSSR count). The molecule has 1 heterocycles. The number of aromatic nitrogens is 2. The van der Waals surface area contributed by atoms with Crippen molar-refractivity contribution in [1.29, 1.82) is 0 Å². The Bertz CT molecular complexity index is 397. The Balaban J connectivity index is 2.91. The Labute approximate surface area is 110 Å². The van der Waals surface area contributed by atoms with Crippen LogP contribution >= 0.6 is 0 Å². The average molecular weight is 251 g/mol. The maximum atomic E-state index is 12.5. The Hall–Kier alpha value is -1.32. The minimum Gasteiger partial charge on any atom is -0.338 e. The molecule has 1 amide bonds. The zero-order chi connectivity index (χ0) is 13.9. The van der Waals surface area contributed by atoms with Crippen molar-refractivity contribution in [2.24, 2.45) is 18.9 Å². The van der Waals surface area contributed by atoms with E-state index in [-0.39, 0.29) is 5.91 Å². The van der Waals surface area contributed by atoms with Crippen LogP contribution in [0.1, 0.15) is 43.7 Å². The van der Waals surface area contributed by atoms with Crippen LogP contribution in [0.3, 0.4) is 0 Å². The largest absolute Gasteiger partial charge is 0.338 e. The van der Waals surface area contributed by atoms with E-state index >= 15 is 0 Å². The number of amides is 1. The fourth-order valence-electron chi connectivity index (χ4n) is 2.10. The van der Waals surface area contributed by atoms with Crippen molar-refractivity contribution < 1.29 is 4.79 Å². The van der Waals surface area contributed by atoms with Crippen molar-refractivity contribution in [2.45, 2.75) is 34.6 Å². The Morgan fingerprint density at radius 2 is 1.78 bits per heavy atom. The molecule has 4 heteroatoms. The second-order valence-corrected chi connectivity index (χ2v) is 5.80. The number of carbonyl (C=O) groups is 1. The van der Waals surface area contributed by atoms with Gasteiger partial charge in [0.15, 0.2) is 0 Å². The highest BCUT2D eigenvalue weighted by atomic mass is 16.2. The lowest BCUT2D eigenvalue weighted by Gasteiger charge is -2.26. The first-order valence-electron chi connectivity index (χ1n) is 6.60. The van der Waals surface area contributed by atoms with Crippen LogP contribution in [-0.2, 0) is 7.05 Å². The highest BCUT2D eigenvalue weighted by molar-refractivity contribution is 5.95. The van der Waals surface area contributed by atoms with E-state index in [4.69, 9.17) is 0 Å². The van der Waals surface area contributed by atoms with Gasteiger partial charge in [-0.3, -0.25) is 9.48 Å². The maximum Gasteiger partial charge on any atom is 0.257 e. The first-order valence-corrected chi connectivity index (χ1v) is 6.60. The quantitative estimate of drug-likeness (QED) is 0.806. The van der Waals surface area contributed by atoms with Crippen LogP contribution in [0.25, 0.3) is 0 Å². The number of aryl methyl sites for hydroxylation is 2. The van der Waals surface area contributed by atoms with Crippen LogP contribution in [-0.4, -0.2) is 33.7 Å². The van der Waals surface area contributed by atoms with Gasteiger partial charge in [-0.05, 0) is 18.8 Å². The first kappa shape index (κ1) is 14.7. The summed E-state index contributed by atoms with van der Waals surface area (Å²) < 4.78 is 1.70. The fraction of sp³-hybridized carbons (Fsp3) is 0.714. The van der Waals surface area contributed by atoms with Gasteiger partial charge in [0.2, 0.25) is 0 Å². The monoisotopic (exact) mass is 251 g/mol. The molecule has 0 aliphatic carbocycles. The molecule has 0 spiro atoms. The molecule has 102 valence electrons. The topological polar surface area (TPSA) is 38.1 Å². The summed E-state index contributed by atoms with van der Waals surface area (Å²) in [6, 6.07) is 0. The van der Waals surface area contributed by atoms with Gasteiger partial charge in [0.25, 0.3) is 5.91 Å².